The van der Waals surface area contributed by atoms with Crippen LogP contribution in [0.3, 0.4) is 0 Å². The fraction of sp³-hybridized carbons (Fsp3) is 0.367. The van der Waals surface area contributed by atoms with Gasteiger partial charge in [-0.1, -0.05) is 30.7 Å². The van der Waals surface area contributed by atoms with Gasteiger partial charge in [-0.3, -0.25) is 5.01 Å². The maximum atomic E-state index is 13.7. The van der Waals surface area contributed by atoms with Gasteiger partial charge in [-0.2, -0.15) is 4.31 Å². The van der Waals surface area contributed by atoms with Gasteiger partial charge in [0.2, 0.25) is 10.0 Å². The second-order valence-corrected chi connectivity index (χ2v) is 12.5. The van der Waals surface area contributed by atoms with E-state index in [-0.39, 0.29) is 42.1 Å². The molecule has 2 N–H and O–H groups in total. The van der Waals surface area contributed by atoms with Gasteiger partial charge in [0, 0.05) is 30.8 Å². The molecule has 1 heterocycles. The monoisotopic (exact) mass is 567 g/mol. The van der Waals surface area contributed by atoms with E-state index in [0.717, 1.165) is 29.8 Å². The van der Waals surface area contributed by atoms with Crippen molar-refractivity contribution in [3.63, 3.8) is 0 Å². The summed E-state index contributed by atoms with van der Waals surface area (Å²) in [6.07, 6.45) is 4.84. The lowest BCUT2D eigenvalue weighted by atomic mass is 9.80. The third kappa shape index (κ3) is 5.43. The van der Waals surface area contributed by atoms with E-state index in [1.165, 1.54) is 34.7 Å². The van der Waals surface area contributed by atoms with Crippen LogP contribution in [0, 0.1) is 17.7 Å². The van der Waals surface area contributed by atoms with Gasteiger partial charge in [0.25, 0.3) is 0 Å². The van der Waals surface area contributed by atoms with Crippen LogP contribution in [-0.2, 0) is 20.5 Å². The van der Waals surface area contributed by atoms with E-state index >= 15 is 0 Å². The van der Waals surface area contributed by atoms with E-state index in [4.69, 9.17) is 4.74 Å². The largest absolute Gasteiger partial charge is 0.465 e. The van der Waals surface area contributed by atoms with Gasteiger partial charge >= 0.3 is 5.97 Å². The maximum absolute atomic E-state index is 13.7. The number of carbonyl (C=O) groups is 1. The molecule has 2 aromatic carbocycles. The van der Waals surface area contributed by atoms with Crippen molar-refractivity contribution in [2.75, 3.05) is 25.2 Å². The molecule has 0 fully saturated rings. The first-order chi connectivity index (χ1) is 19.1. The minimum Gasteiger partial charge on any atom is -0.465 e. The summed E-state index contributed by atoms with van der Waals surface area (Å²) >= 11 is 0. The molecule has 0 unspecified atom stereocenters. The predicted octanol–water partition coefficient (Wildman–Crippen LogP) is 4.27. The zero-order valence-corrected chi connectivity index (χ0v) is 23.6. The highest BCUT2D eigenvalue weighted by molar-refractivity contribution is 7.88. The van der Waals surface area contributed by atoms with Gasteiger partial charge in [0.05, 0.1) is 35.9 Å². The second kappa shape index (κ2) is 11.2. The Bertz CT molecular complexity index is 1500. The molecular formula is C30H34FN3O5S. The molecule has 2 aromatic rings. The number of nitrogens with one attached hydrogen (secondary N) is 1. The van der Waals surface area contributed by atoms with Gasteiger partial charge in [-0.25, -0.2) is 17.6 Å². The van der Waals surface area contributed by atoms with Crippen molar-refractivity contribution < 1.29 is 27.4 Å². The van der Waals surface area contributed by atoms with Crippen LogP contribution in [0.5, 0.6) is 0 Å². The maximum Gasteiger partial charge on any atom is 0.338 e. The van der Waals surface area contributed by atoms with Crippen molar-refractivity contribution >= 4 is 21.7 Å². The summed E-state index contributed by atoms with van der Waals surface area (Å²) in [5, 5.41) is 12.2. The molecule has 0 saturated heterocycles. The number of benzene rings is 2. The Balaban J connectivity index is 1.41. The molecule has 1 aliphatic heterocycles. The number of esters is 1. The quantitative estimate of drug-likeness (QED) is 0.437. The van der Waals surface area contributed by atoms with Gasteiger partial charge in [0.15, 0.2) is 0 Å². The number of fused-ring (bicyclic) bond motifs is 1. The zero-order chi connectivity index (χ0) is 28.6. The van der Waals surface area contributed by atoms with E-state index in [1.807, 2.05) is 11.2 Å². The minimum atomic E-state index is -3.88. The number of anilines is 1. The molecule has 0 aromatic heterocycles. The summed E-state index contributed by atoms with van der Waals surface area (Å²) in [7, 11) is -2.62. The number of methoxy groups -OCH3 is 1. The average Bonchev–Trinajstić information content (AvgIpc) is 3.53. The number of halogens is 1. The molecule has 5 rings (SSSR count). The number of ether oxygens (including phenoxy) is 1. The zero-order valence-electron chi connectivity index (χ0n) is 22.8. The average molecular weight is 568 g/mol. The van der Waals surface area contributed by atoms with Gasteiger partial charge in [-0.15, -0.1) is 0 Å². The highest BCUT2D eigenvalue weighted by atomic mass is 32.2. The van der Waals surface area contributed by atoms with Crippen molar-refractivity contribution in [3.05, 3.63) is 100 Å². The third-order valence-electron chi connectivity index (χ3n) is 7.83. The lowest BCUT2D eigenvalue weighted by Crippen LogP contribution is -2.41. The molecule has 0 amide bonds. The summed E-state index contributed by atoms with van der Waals surface area (Å²) in [5.74, 6) is -1.23. The minimum absolute atomic E-state index is 0.0204. The molecule has 0 saturated carbocycles. The highest BCUT2D eigenvalue weighted by Gasteiger charge is 2.40. The van der Waals surface area contributed by atoms with E-state index in [9.17, 15) is 22.7 Å². The van der Waals surface area contributed by atoms with E-state index < -0.39 is 22.1 Å². The van der Waals surface area contributed by atoms with Crippen LogP contribution in [0.25, 0.3) is 0 Å². The first-order valence-corrected chi connectivity index (χ1v) is 15.0. The fourth-order valence-electron chi connectivity index (χ4n) is 5.99. The number of nitrogens with zero attached hydrogens (tertiary/aromatic N) is 2. The number of sulfonamides is 1. The van der Waals surface area contributed by atoms with Crippen LogP contribution in [0.2, 0.25) is 0 Å². The number of hydrogen-bond acceptors (Lipinski definition) is 7. The Labute approximate surface area is 234 Å². The Morgan fingerprint density at radius 3 is 2.65 bits per heavy atom. The number of hydrazine groups is 1. The standard InChI is InChI=1S/C30H34FN3O5S/c1-19(35)16-33(40(37,38)18-23-6-4-5-7-26(23)30(36)39-3)17-22-9-8-21-14-28-27(20(2)29(21)22)15-32-34(28)25-12-10-24(31)11-13-25/h4-7,10-15,19-20,22,32,35H,8-9,16-18H2,1-3H3/t19-,20-,22+/m0/s1. The Hall–Kier alpha value is -3.47. The van der Waals surface area contributed by atoms with Crippen molar-refractivity contribution in [1.29, 1.82) is 0 Å². The molecule has 8 nitrogen and oxygen atoms in total. The fourth-order valence-corrected chi connectivity index (χ4v) is 7.67. The first-order valence-electron chi connectivity index (χ1n) is 13.4. The normalized spacial score (nSPS) is 21.0. The lowest BCUT2D eigenvalue weighted by Gasteiger charge is -2.32. The van der Waals surface area contributed by atoms with Crippen LogP contribution >= 0.6 is 0 Å². The number of allylic oxidation sites excluding steroid dienone is 3. The molecule has 212 valence electrons. The molecular weight excluding hydrogens is 533 g/mol. The first kappa shape index (κ1) is 28.1. The van der Waals surface area contributed by atoms with Crippen LogP contribution < -0.4 is 10.4 Å². The number of aliphatic hydroxyl groups excluding tert-OH is 1. The smallest absolute Gasteiger partial charge is 0.338 e. The topological polar surface area (TPSA) is 99.2 Å². The van der Waals surface area contributed by atoms with E-state index in [1.54, 1.807) is 43.3 Å². The SMILES string of the molecule is COC(=O)c1ccccc1CS(=O)(=O)N(C[C@H]1CCC2=C1[C@@H](C)C1=CNN(c3ccc(F)cc3)C1=C2)C[C@H](C)O. The molecule has 3 atom stereocenters. The number of carbonyl (C=O) groups excluding carboxylic acids is 1. The summed E-state index contributed by atoms with van der Waals surface area (Å²) in [6.45, 7) is 3.90. The van der Waals surface area contributed by atoms with Gasteiger partial charge in [-0.05, 0) is 73.2 Å². The molecule has 10 heteroatoms. The molecule has 0 spiro atoms. The molecule has 0 bridgehead atoms. The lowest BCUT2D eigenvalue weighted by molar-refractivity contribution is 0.0599. The highest BCUT2D eigenvalue weighted by Crippen LogP contribution is 2.48. The van der Waals surface area contributed by atoms with Crippen LogP contribution in [0.4, 0.5) is 10.1 Å². The Morgan fingerprint density at radius 1 is 1.23 bits per heavy atom. The number of aliphatic hydroxyl groups is 1. The predicted molar refractivity (Wildman–Crippen MR) is 151 cm³/mol. The van der Waals surface area contributed by atoms with Crippen LogP contribution in [-0.4, -0.2) is 50.1 Å². The Kier molecular flexibility index (Phi) is 7.85. The molecule has 3 aliphatic rings. The van der Waals surface area contributed by atoms with E-state index in [0.29, 0.717) is 5.56 Å². The summed E-state index contributed by atoms with van der Waals surface area (Å²) in [4.78, 5) is 12.2. The third-order valence-corrected chi connectivity index (χ3v) is 9.59. The molecule has 0 radical (unpaired) electrons. The second-order valence-electron chi connectivity index (χ2n) is 10.6. The van der Waals surface area contributed by atoms with Crippen LogP contribution in [0.15, 0.2) is 83.2 Å². The van der Waals surface area contributed by atoms with Gasteiger partial charge < -0.3 is 15.3 Å². The number of rotatable bonds is 9. The van der Waals surface area contributed by atoms with Crippen molar-refractivity contribution in [3.8, 4) is 0 Å². The van der Waals surface area contributed by atoms with Crippen molar-refractivity contribution in [2.24, 2.45) is 11.8 Å². The summed E-state index contributed by atoms with van der Waals surface area (Å²) in [5.41, 5.74) is 9.17. The summed E-state index contributed by atoms with van der Waals surface area (Å²) < 4.78 is 47.1. The number of hydrogen-bond donors (Lipinski definition) is 2. The van der Waals surface area contributed by atoms with Crippen molar-refractivity contribution in [2.45, 2.75) is 38.5 Å². The Morgan fingerprint density at radius 2 is 1.95 bits per heavy atom. The van der Waals surface area contributed by atoms with Gasteiger partial charge in [0.1, 0.15) is 5.82 Å². The molecule has 40 heavy (non-hydrogen) atoms. The summed E-state index contributed by atoms with van der Waals surface area (Å²) in [6, 6.07) is 12.8. The molecule has 2 aliphatic carbocycles. The van der Waals surface area contributed by atoms with Crippen LogP contribution in [0.1, 0.15) is 42.6 Å². The van der Waals surface area contributed by atoms with Crippen molar-refractivity contribution in [1.82, 2.24) is 9.73 Å². The van der Waals surface area contributed by atoms with E-state index in [2.05, 4.69) is 18.4 Å².